The lowest BCUT2D eigenvalue weighted by atomic mass is 10.3. The minimum atomic E-state index is 0.723. The summed E-state index contributed by atoms with van der Waals surface area (Å²) in [6, 6.07) is 0. The van der Waals surface area contributed by atoms with E-state index >= 15 is 0 Å². The van der Waals surface area contributed by atoms with E-state index in [1.54, 1.807) is 11.7 Å². The molecule has 0 saturated carbocycles. The van der Waals surface area contributed by atoms with Crippen LogP contribution >= 0.6 is 0 Å². The van der Waals surface area contributed by atoms with Crippen molar-refractivity contribution < 1.29 is 4.74 Å². The maximum Gasteiger partial charge on any atom is 0.191 e. The fourth-order valence-corrected chi connectivity index (χ4v) is 1.70. The van der Waals surface area contributed by atoms with Gasteiger partial charge in [0, 0.05) is 52.2 Å². The summed E-state index contributed by atoms with van der Waals surface area (Å²) in [7, 11) is 3.69. The van der Waals surface area contributed by atoms with Crippen LogP contribution in [0.15, 0.2) is 17.4 Å². The van der Waals surface area contributed by atoms with Crippen molar-refractivity contribution in [2.45, 2.75) is 32.7 Å². The van der Waals surface area contributed by atoms with Crippen LogP contribution in [0.25, 0.3) is 0 Å². The number of hydrogen-bond donors (Lipinski definition) is 2. The standard InChI is InChI=1S/C14H27N5O/c1-4-5-8-20-9-6-7-16-14(15-2)17-10-13-11-18-19(3)12-13/h11-12H,4-10H2,1-3H3,(H2,15,16,17). The van der Waals surface area contributed by atoms with E-state index in [0.29, 0.717) is 0 Å². The van der Waals surface area contributed by atoms with Crippen LogP contribution in [0.2, 0.25) is 0 Å². The molecule has 114 valence electrons. The second kappa shape index (κ2) is 10.3. The van der Waals surface area contributed by atoms with E-state index in [2.05, 4.69) is 27.6 Å². The van der Waals surface area contributed by atoms with E-state index < -0.39 is 0 Å². The van der Waals surface area contributed by atoms with Crippen molar-refractivity contribution in [3.8, 4) is 0 Å². The molecule has 0 saturated heterocycles. The van der Waals surface area contributed by atoms with Gasteiger partial charge in [-0.3, -0.25) is 9.67 Å². The summed E-state index contributed by atoms with van der Waals surface area (Å²) < 4.78 is 7.30. The molecular weight excluding hydrogens is 254 g/mol. The van der Waals surface area contributed by atoms with Crippen molar-refractivity contribution in [1.82, 2.24) is 20.4 Å². The zero-order chi connectivity index (χ0) is 14.6. The second-order valence-corrected chi connectivity index (χ2v) is 4.69. The molecule has 0 atom stereocenters. The molecule has 0 unspecified atom stereocenters. The molecule has 0 amide bonds. The number of aromatic nitrogens is 2. The van der Waals surface area contributed by atoms with Crippen LogP contribution in [0.4, 0.5) is 0 Å². The van der Waals surface area contributed by atoms with Gasteiger partial charge >= 0.3 is 0 Å². The maximum absolute atomic E-state index is 5.51. The highest BCUT2D eigenvalue weighted by Crippen LogP contribution is 1.94. The Kier molecular flexibility index (Phi) is 8.46. The molecule has 0 aliphatic heterocycles. The first kappa shape index (κ1) is 16.5. The molecule has 6 nitrogen and oxygen atoms in total. The number of guanidine groups is 1. The lowest BCUT2D eigenvalue weighted by Crippen LogP contribution is -2.37. The Morgan fingerprint density at radius 2 is 2.15 bits per heavy atom. The first-order chi connectivity index (χ1) is 9.76. The molecule has 1 rings (SSSR count). The van der Waals surface area contributed by atoms with E-state index in [-0.39, 0.29) is 0 Å². The molecule has 0 aromatic carbocycles. The molecule has 0 radical (unpaired) electrons. The molecule has 1 aromatic heterocycles. The Bertz CT molecular complexity index is 389. The Balaban J connectivity index is 2.08. The number of unbranched alkanes of at least 4 members (excludes halogenated alkanes) is 1. The molecule has 6 heteroatoms. The molecule has 0 aliphatic rings. The van der Waals surface area contributed by atoms with Crippen molar-refractivity contribution in [2.24, 2.45) is 12.0 Å². The third-order valence-electron chi connectivity index (χ3n) is 2.84. The van der Waals surface area contributed by atoms with Gasteiger partial charge in [-0.05, 0) is 12.8 Å². The number of rotatable bonds is 9. The monoisotopic (exact) mass is 281 g/mol. The number of aryl methyl sites for hydroxylation is 1. The van der Waals surface area contributed by atoms with Gasteiger partial charge < -0.3 is 15.4 Å². The summed E-state index contributed by atoms with van der Waals surface area (Å²) in [5.41, 5.74) is 1.14. The molecule has 1 heterocycles. The molecule has 1 aromatic rings. The summed E-state index contributed by atoms with van der Waals surface area (Å²) in [5.74, 6) is 0.808. The van der Waals surface area contributed by atoms with Crippen LogP contribution in [-0.4, -0.2) is 42.5 Å². The summed E-state index contributed by atoms with van der Waals surface area (Å²) in [5, 5.41) is 10.7. The minimum absolute atomic E-state index is 0.723. The van der Waals surface area contributed by atoms with Crippen LogP contribution in [-0.2, 0) is 18.3 Å². The largest absolute Gasteiger partial charge is 0.381 e. The molecule has 20 heavy (non-hydrogen) atoms. The Morgan fingerprint density at radius 1 is 1.35 bits per heavy atom. The van der Waals surface area contributed by atoms with Crippen molar-refractivity contribution >= 4 is 5.96 Å². The van der Waals surface area contributed by atoms with Gasteiger partial charge in [-0.1, -0.05) is 13.3 Å². The molecule has 0 fully saturated rings. The zero-order valence-corrected chi connectivity index (χ0v) is 12.9. The van der Waals surface area contributed by atoms with Gasteiger partial charge in [0.1, 0.15) is 0 Å². The van der Waals surface area contributed by atoms with Gasteiger partial charge in [-0.25, -0.2) is 0 Å². The fourth-order valence-electron chi connectivity index (χ4n) is 1.70. The highest BCUT2D eigenvalue weighted by Gasteiger charge is 1.99. The number of aliphatic imine (C=N–C) groups is 1. The van der Waals surface area contributed by atoms with E-state index in [4.69, 9.17) is 4.74 Å². The van der Waals surface area contributed by atoms with Crippen molar-refractivity contribution in [2.75, 3.05) is 26.8 Å². The van der Waals surface area contributed by atoms with Crippen LogP contribution in [0.3, 0.4) is 0 Å². The van der Waals surface area contributed by atoms with Crippen LogP contribution in [0.1, 0.15) is 31.7 Å². The van der Waals surface area contributed by atoms with Crippen LogP contribution in [0.5, 0.6) is 0 Å². The smallest absolute Gasteiger partial charge is 0.191 e. The first-order valence-electron chi connectivity index (χ1n) is 7.26. The third-order valence-corrected chi connectivity index (χ3v) is 2.84. The number of hydrogen-bond acceptors (Lipinski definition) is 3. The fraction of sp³-hybridized carbons (Fsp3) is 0.714. The summed E-state index contributed by atoms with van der Waals surface area (Å²) in [6.45, 7) is 5.42. The zero-order valence-electron chi connectivity index (χ0n) is 12.9. The van der Waals surface area contributed by atoms with E-state index in [1.165, 1.54) is 6.42 Å². The van der Waals surface area contributed by atoms with Gasteiger partial charge in [-0.15, -0.1) is 0 Å². The maximum atomic E-state index is 5.51. The second-order valence-electron chi connectivity index (χ2n) is 4.69. The third kappa shape index (κ3) is 7.13. The van der Waals surface area contributed by atoms with Crippen molar-refractivity contribution in [3.63, 3.8) is 0 Å². The minimum Gasteiger partial charge on any atom is -0.381 e. The molecule has 2 N–H and O–H groups in total. The first-order valence-corrected chi connectivity index (χ1v) is 7.26. The van der Waals surface area contributed by atoms with Crippen LogP contribution in [0, 0.1) is 0 Å². The predicted molar refractivity (Wildman–Crippen MR) is 81.8 cm³/mol. The quantitative estimate of drug-likeness (QED) is 0.407. The van der Waals surface area contributed by atoms with Gasteiger partial charge in [0.05, 0.1) is 6.20 Å². The van der Waals surface area contributed by atoms with E-state index in [0.717, 1.165) is 50.7 Å². The predicted octanol–water partition coefficient (Wildman–Crippen LogP) is 1.29. The SMILES string of the molecule is CCCCOCCCNC(=NC)NCc1cnn(C)c1. The number of nitrogens with zero attached hydrogens (tertiary/aromatic N) is 3. The Hall–Kier alpha value is -1.56. The Morgan fingerprint density at radius 3 is 2.80 bits per heavy atom. The Labute approximate surface area is 121 Å². The highest BCUT2D eigenvalue weighted by molar-refractivity contribution is 5.79. The lowest BCUT2D eigenvalue weighted by molar-refractivity contribution is 0.129. The number of ether oxygens (including phenoxy) is 1. The van der Waals surface area contributed by atoms with Crippen LogP contribution < -0.4 is 10.6 Å². The van der Waals surface area contributed by atoms with Gasteiger partial charge in [0.2, 0.25) is 0 Å². The van der Waals surface area contributed by atoms with Crippen molar-refractivity contribution in [1.29, 1.82) is 0 Å². The number of nitrogens with one attached hydrogen (secondary N) is 2. The lowest BCUT2D eigenvalue weighted by Gasteiger charge is -2.11. The van der Waals surface area contributed by atoms with Gasteiger partial charge in [-0.2, -0.15) is 5.10 Å². The molecule has 0 spiro atoms. The summed E-state index contributed by atoms with van der Waals surface area (Å²) >= 11 is 0. The van der Waals surface area contributed by atoms with E-state index in [9.17, 15) is 0 Å². The van der Waals surface area contributed by atoms with Crippen molar-refractivity contribution in [3.05, 3.63) is 18.0 Å². The van der Waals surface area contributed by atoms with Gasteiger partial charge in [0.15, 0.2) is 5.96 Å². The normalized spacial score (nSPS) is 11.7. The van der Waals surface area contributed by atoms with E-state index in [1.807, 2.05) is 19.4 Å². The molecule has 0 aliphatic carbocycles. The average molecular weight is 281 g/mol. The molecular formula is C14H27N5O. The molecule has 0 bridgehead atoms. The average Bonchev–Trinajstić information content (AvgIpc) is 2.87. The highest BCUT2D eigenvalue weighted by atomic mass is 16.5. The summed E-state index contributed by atoms with van der Waals surface area (Å²) in [6.07, 6.45) is 7.14. The topological polar surface area (TPSA) is 63.5 Å². The summed E-state index contributed by atoms with van der Waals surface area (Å²) in [4.78, 5) is 4.18. The van der Waals surface area contributed by atoms with Gasteiger partial charge in [0.25, 0.3) is 0 Å².